The predicted molar refractivity (Wildman–Crippen MR) is 107 cm³/mol. The zero-order chi connectivity index (χ0) is 21.1. The van der Waals surface area contributed by atoms with E-state index in [0.29, 0.717) is 11.6 Å². The van der Waals surface area contributed by atoms with Crippen LogP contribution in [0.25, 0.3) is 0 Å². The van der Waals surface area contributed by atoms with E-state index in [-0.39, 0.29) is 30.9 Å². The van der Waals surface area contributed by atoms with E-state index in [0.717, 1.165) is 0 Å². The first-order valence-corrected chi connectivity index (χ1v) is 9.89. The van der Waals surface area contributed by atoms with Gasteiger partial charge in [-0.05, 0) is 23.6 Å². The maximum Gasteiger partial charge on any atom is 0.412 e. The molecule has 30 heavy (non-hydrogen) atoms. The smallest absolute Gasteiger partial charge is 0.412 e. The number of benzene rings is 1. The minimum absolute atomic E-state index is 0.201. The van der Waals surface area contributed by atoms with E-state index >= 15 is 0 Å². The Labute approximate surface area is 174 Å². The van der Waals surface area contributed by atoms with Crippen molar-refractivity contribution in [1.29, 1.82) is 0 Å². The average Bonchev–Trinajstić information content (AvgIpc) is 3.32. The number of ether oxygens (including phenoxy) is 3. The van der Waals surface area contributed by atoms with E-state index in [1.165, 1.54) is 24.2 Å². The third-order valence-corrected chi connectivity index (χ3v) is 5.20. The van der Waals surface area contributed by atoms with Crippen LogP contribution in [0.5, 0.6) is 0 Å². The zero-order valence-corrected chi connectivity index (χ0v) is 16.8. The number of fused-ring (bicyclic) bond motifs is 1. The average molecular weight is 412 g/mol. The summed E-state index contributed by atoms with van der Waals surface area (Å²) in [7, 11) is 0. The minimum Gasteiger partial charge on any atom is -0.441 e. The topological polar surface area (TPSA) is 112 Å². The van der Waals surface area contributed by atoms with Crippen molar-refractivity contribution in [3.63, 3.8) is 0 Å². The highest BCUT2D eigenvalue weighted by Gasteiger charge is 2.50. The van der Waals surface area contributed by atoms with Crippen LogP contribution in [0, 0.1) is 0 Å². The van der Waals surface area contributed by atoms with E-state index < -0.39 is 24.4 Å². The molecule has 4 rings (SSSR count). The van der Waals surface area contributed by atoms with Gasteiger partial charge >= 0.3 is 6.09 Å². The molecule has 0 bridgehead atoms. The van der Waals surface area contributed by atoms with Gasteiger partial charge in [0.1, 0.15) is 17.9 Å². The number of hydrogen-bond donors (Lipinski definition) is 2. The Kier molecular flexibility index (Phi) is 5.91. The molecule has 2 saturated heterocycles. The van der Waals surface area contributed by atoms with Crippen molar-refractivity contribution in [3.05, 3.63) is 54.1 Å². The van der Waals surface area contributed by atoms with Crippen LogP contribution in [-0.2, 0) is 14.2 Å². The highest BCUT2D eigenvalue weighted by molar-refractivity contribution is 5.92. The number of nitrogens with one attached hydrogen (secondary N) is 2. The molecule has 1 aromatic carbocycles. The van der Waals surface area contributed by atoms with Gasteiger partial charge in [-0.1, -0.05) is 26.0 Å². The first kappa shape index (κ1) is 20.2. The van der Waals surface area contributed by atoms with E-state index in [2.05, 4.69) is 34.4 Å². The van der Waals surface area contributed by atoms with Crippen LogP contribution in [0.2, 0.25) is 0 Å². The van der Waals surface area contributed by atoms with Gasteiger partial charge in [0.15, 0.2) is 6.10 Å². The van der Waals surface area contributed by atoms with Crippen molar-refractivity contribution in [1.82, 2.24) is 15.3 Å². The molecule has 0 aliphatic carbocycles. The Balaban J connectivity index is 1.30. The van der Waals surface area contributed by atoms with Gasteiger partial charge < -0.3 is 19.5 Å². The van der Waals surface area contributed by atoms with E-state index in [4.69, 9.17) is 14.2 Å². The molecule has 158 valence electrons. The first-order chi connectivity index (χ1) is 14.5. The largest absolute Gasteiger partial charge is 0.441 e. The predicted octanol–water partition coefficient (Wildman–Crippen LogP) is 2.11. The number of anilines is 1. The second kappa shape index (κ2) is 8.76. The molecule has 2 fully saturated rings. The maximum absolute atomic E-state index is 12.3. The molecule has 0 radical (unpaired) electrons. The van der Waals surface area contributed by atoms with Gasteiger partial charge in [0.2, 0.25) is 0 Å². The molecule has 4 unspecified atom stereocenters. The lowest BCUT2D eigenvalue weighted by Gasteiger charge is -2.18. The Morgan fingerprint density at radius 3 is 2.57 bits per heavy atom. The van der Waals surface area contributed by atoms with Gasteiger partial charge in [0.25, 0.3) is 5.91 Å². The fourth-order valence-electron chi connectivity index (χ4n) is 3.58. The molecule has 2 aliphatic heterocycles. The molecule has 2 amide bonds. The van der Waals surface area contributed by atoms with Gasteiger partial charge in [-0.15, -0.1) is 0 Å². The van der Waals surface area contributed by atoms with E-state index in [1.54, 1.807) is 0 Å². The van der Waals surface area contributed by atoms with Crippen LogP contribution >= 0.6 is 0 Å². The van der Waals surface area contributed by atoms with Crippen molar-refractivity contribution in [2.45, 2.75) is 44.1 Å². The standard InChI is InChI=1S/C21H24N4O5/c1-12(2)13-3-5-14(6-4-13)24-21(27)30-17-11-29-18-16(10-28-19(17)18)25-20(26)15-9-22-7-8-23-15/h3-9,12,16-19H,10-11H2,1-2H3,(H,24,27)(H,25,26). The summed E-state index contributed by atoms with van der Waals surface area (Å²) in [6, 6.07) is 7.27. The Bertz CT molecular complexity index is 890. The van der Waals surface area contributed by atoms with Crippen LogP contribution in [0.15, 0.2) is 42.9 Å². The molecular weight excluding hydrogens is 388 g/mol. The lowest BCUT2D eigenvalue weighted by Crippen LogP contribution is -2.44. The Hall–Kier alpha value is -3.04. The van der Waals surface area contributed by atoms with E-state index in [9.17, 15) is 9.59 Å². The van der Waals surface area contributed by atoms with Crippen molar-refractivity contribution in [3.8, 4) is 0 Å². The number of amides is 2. The van der Waals surface area contributed by atoms with Gasteiger partial charge in [-0.3, -0.25) is 15.1 Å². The summed E-state index contributed by atoms with van der Waals surface area (Å²) in [5.41, 5.74) is 2.06. The fraction of sp³-hybridized carbons (Fsp3) is 0.429. The highest BCUT2D eigenvalue weighted by Crippen LogP contribution is 2.29. The van der Waals surface area contributed by atoms with Crippen LogP contribution in [0.4, 0.5) is 10.5 Å². The maximum atomic E-state index is 12.3. The summed E-state index contributed by atoms with van der Waals surface area (Å²) in [5.74, 6) is 0.0633. The van der Waals surface area contributed by atoms with Gasteiger partial charge in [0.05, 0.1) is 25.5 Å². The van der Waals surface area contributed by atoms with Gasteiger partial charge in [-0.2, -0.15) is 0 Å². The third-order valence-electron chi connectivity index (χ3n) is 5.20. The fourth-order valence-corrected chi connectivity index (χ4v) is 3.58. The second-order valence-electron chi connectivity index (χ2n) is 7.61. The highest BCUT2D eigenvalue weighted by atomic mass is 16.6. The quantitative estimate of drug-likeness (QED) is 0.774. The summed E-state index contributed by atoms with van der Waals surface area (Å²) in [6.45, 7) is 4.68. The van der Waals surface area contributed by atoms with Crippen LogP contribution in [0.1, 0.15) is 35.8 Å². The van der Waals surface area contributed by atoms with Crippen molar-refractivity contribution in [2.24, 2.45) is 0 Å². The normalized spacial score (nSPS) is 25.0. The first-order valence-electron chi connectivity index (χ1n) is 9.89. The van der Waals surface area contributed by atoms with Gasteiger partial charge in [0, 0.05) is 18.1 Å². The zero-order valence-electron chi connectivity index (χ0n) is 16.8. The molecule has 9 nitrogen and oxygen atoms in total. The molecule has 2 aliphatic rings. The van der Waals surface area contributed by atoms with Gasteiger partial charge in [-0.25, -0.2) is 9.78 Å². The monoisotopic (exact) mass is 412 g/mol. The summed E-state index contributed by atoms with van der Waals surface area (Å²) >= 11 is 0. The summed E-state index contributed by atoms with van der Waals surface area (Å²) in [6.07, 6.45) is 2.38. The van der Waals surface area contributed by atoms with E-state index in [1.807, 2.05) is 24.3 Å². The van der Waals surface area contributed by atoms with Crippen LogP contribution < -0.4 is 10.6 Å². The minimum atomic E-state index is -0.572. The summed E-state index contributed by atoms with van der Waals surface area (Å²) in [5, 5.41) is 5.57. The SMILES string of the molecule is CC(C)c1ccc(NC(=O)OC2COC3C(NC(=O)c4cnccn4)COC23)cc1. The van der Waals surface area contributed by atoms with Crippen molar-refractivity contribution in [2.75, 3.05) is 18.5 Å². The Morgan fingerprint density at radius 1 is 1.10 bits per heavy atom. The lowest BCUT2D eigenvalue weighted by atomic mass is 10.0. The Morgan fingerprint density at radius 2 is 1.87 bits per heavy atom. The molecular formula is C21H24N4O5. The van der Waals surface area contributed by atoms with Crippen molar-refractivity contribution < 1.29 is 23.8 Å². The molecule has 4 atom stereocenters. The third kappa shape index (κ3) is 4.42. The number of carbonyl (C=O) groups excluding carboxylic acids is 2. The molecule has 2 aromatic rings. The van der Waals surface area contributed by atoms with Crippen LogP contribution in [-0.4, -0.2) is 59.5 Å². The second-order valence-corrected chi connectivity index (χ2v) is 7.61. The number of aromatic nitrogens is 2. The number of hydrogen-bond acceptors (Lipinski definition) is 7. The molecule has 0 saturated carbocycles. The summed E-state index contributed by atoms with van der Waals surface area (Å²) in [4.78, 5) is 32.5. The molecule has 9 heteroatoms. The lowest BCUT2D eigenvalue weighted by molar-refractivity contribution is 0.00861. The number of nitrogens with zero attached hydrogens (tertiary/aromatic N) is 2. The molecule has 0 spiro atoms. The summed E-state index contributed by atoms with van der Waals surface area (Å²) < 4.78 is 17.0. The molecule has 3 heterocycles. The van der Waals surface area contributed by atoms with Crippen molar-refractivity contribution >= 4 is 17.7 Å². The molecule has 1 aromatic heterocycles. The molecule has 2 N–H and O–H groups in total. The van der Waals surface area contributed by atoms with Crippen LogP contribution in [0.3, 0.4) is 0 Å². The number of carbonyl (C=O) groups is 2. The number of rotatable bonds is 5.